The summed E-state index contributed by atoms with van der Waals surface area (Å²) in [5, 5.41) is 6.89. The third-order valence-electron chi connectivity index (χ3n) is 6.42. The summed E-state index contributed by atoms with van der Waals surface area (Å²) in [5.41, 5.74) is 0.702. The van der Waals surface area contributed by atoms with Crippen molar-refractivity contribution >= 4 is 5.78 Å². The van der Waals surface area contributed by atoms with Gasteiger partial charge in [-0.15, -0.1) is 12.8 Å². The van der Waals surface area contributed by atoms with Gasteiger partial charge >= 0.3 is 0 Å². The molecule has 0 unspecified atom stereocenters. The van der Waals surface area contributed by atoms with Gasteiger partial charge in [0.05, 0.1) is 0 Å². The summed E-state index contributed by atoms with van der Waals surface area (Å²) in [5.74, 6) is 1.23. The van der Waals surface area contributed by atoms with Crippen LogP contribution in [0.5, 0.6) is 0 Å². The van der Waals surface area contributed by atoms with Crippen LogP contribution in [0.3, 0.4) is 0 Å². The lowest BCUT2D eigenvalue weighted by Crippen LogP contribution is -2.36. The number of Topliss-reactive ketones (excluding diaryl/α,β-unsaturated/α-hetero) is 1. The van der Waals surface area contributed by atoms with Crippen LogP contribution in [0.4, 0.5) is 0 Å². The Hall–Kier alpha value is -0.850. The van der Waals surface area contributed by atoms with E-state index in [4.69, 9.17) is 0 Å². The molecule has 1 saturated heterocycles. The fraction of sp³-hybridized carbons (Fsp3) is 0.864. The van der Waals surface area contributed by atoms with E-state index in [2.05, 4.69) is 30.5 Å². The van der Waals surface area contributed by atoms with Crippen molar-refractivity contribution in [3.63, 3.8) is 0 Å². The van der Waals surface area contributed by atoms with Crippen LogP contribution in [0.1, 0.15) is 84.0 Å². The summed E-state index contributed by atoms with van der Waals surface area (Å²) in [6, 6.07) is 0.802. The van der Waals surface area contributed by atoms with Gasteiger partial charge in [0.2, 0.25) is 0 Å². The quantitative estimate of drug-likeness (QED) is 0.744. The minimum Gasteiger partial charge on any atom is -0.317 e. The molecule has 1 heterocycles. The minimum absolute atomic E-state index is 0.357. The SMILES string of the molecule is C#C.CC(=O)CCC1CCCCC1.CNC1CCC2(CCNC2)CC1. The van der Waals surface area contributed by atoms with Crippen LogP contribution >= 0.6 is 0 Å². The first-order chi connectivity index (χ1) is 12.1. The van der Waals surface area contributed by atoms with Gasteiger partial charge in [-0.2, -0.15) is 0 Å². The minimum atomic E-state index is 0.357. The molecule has 3 heteroatoms. The van der Waals surface area contributed by atoms with Crippen molar-refractivity contribution in [2.45, 2.75) is 90.0 Å². The van der Waals surface area contributed by atoms with Crippen molar-refractivity contribution in [2.24, 2.45) is 11.3 Å². The van der Waals surface area contributed by atoms with Crippen molar-refractivity contribution in [1.29, 1.82) is 0 Å². The molecule has 3 nitrogen and oxygen atoms in total. The fourth-order valence-corrected chi connectivity index (χ4v) is 4.62. The second-order valence-corrected chi connectivity index (χ2v) is 8.23. The average molecular weight is 349 g/mol. The third-order valence-corrected chi connectivity index (χ3v) is 6.42. The maximum Gasteiger partial charge on any atom is 0.129 e. The van der Waals surface area contributed by atoms with Crippen LogP contribution in [0.2, 0.25) is 0 Å². The van der Waals surface area contributed by atoms with Crippen molar-refractivity contribution in [3.05, 3.63) is 0 Å². The Labute approximate surface area is 156 Å². The zero-order valence-corrected chi connectivity index (χ0v) is 16.6. The molecule has 0 aromatic rings. The van der Waals surface area contributed by atoms with E-state index in [1.807, 2.05) is 0 Å². The van der Waals surface area contributed by atoms with Crippen LogP contribution in [0.25, 0.3) is 0 Å². The summed E-state index contributed by atoms with van der Waals surface area (Å²) < 4.78 is 0. The molecule has 0 atom stereocenters. The molecule has 2 N–H and O–H groups in total. The first-order valence-corrected chi connectivity index (χ1v) is 10.3. The van der Waals surface area contributed by atoms with Gasteiger partial charge < -0.3 is 15.4 Å². The number of hydrogen-bond acceptors (Lipinski definition) is 3. The monoisotopic (exact) mass is 348 g/mol. The van der Waals surface area contributed by atoms with E-state index in [1.165, 1.54) is 77.3 Å². The standard InChI is InChI=1S/C10H20N2.C10H18O.C2H2/c1-11-9-2-4-10(5-3-9)6-7-12-8-10;1-9(11)7-8-10-5-3-2-4-6-10;1-2/h9,11-12H,2-8H2,1H3;10H,2-8H2,1H3;1-2H. The van der Waals surface area contributed by atoms with Gasteiger partial charge in [0.25, 0.3) is 0 Å². The van der Waals surface area contributed by atoms with Gasteiger partial charge in [-0.25, -0.2) is 0 Å². The van der Waals surface area contributed by atoms with Crippen molar-refractivity contribution in [3.8, 4) is 12.8 Å². The molecule has 2 saturated carbocycles. The Bertz CT molecular complexity index is 369. The van der Waals surface area contributed by atoms with Gasteiger partial charge in [-0.05, 0) is 70.4 Å². The second-order valence-electron chi connectivity index (χ2n) is 8.23. The van der Waals surface area contributed by atoms with Crippen LogP contribution < -0.4 is 10.6 Å². The number of ketones is 1. The Kier molecular flexibility index (Phi) is 11.1. The molecule has 1 aliphatic heterocycles. The molecule has 144 valence electrons. The number of rotatable bonds is 4. The summed E-state index contributed by atoms with van der Waals surface area (Å²) in [4.78, 5) is 10.7. The molecule has 0 aromatic carbocycles. The van der Waals surface area contributed by atoms with Gasteiger partial charge in [0.1, 0.15) is 5.78 Å². The Balaban J connectivity index is 0.000000229. The number of terminal acetylenes is 1. The van der Waals surface area contributed by atoms with Crippen molar-refractivity contribution < 1.29 is 4.79 Å². The molecular weight excluding hydrogens is 308 g/mol. The van der Waals surface area contributed by atoms with Crippen molar-refractivity contribution in [2.75, 3.05) is 20.1 Å². The number of carbonyl (C=O) groups excluding carboxylic acids is 1. The molecule has 3 aliphatic rings. The normalized spacial score (nSPS) is 29.2. The molecule has 3 rings (SSSR count). The van der Waals surface area contributed by atoms with E-state index in [0.29, 0.717) is 11.2 Å². The highest BCUT2D eigenvalue weighted by Crippen LogP contribution is 2.40. The molecular formula is C22H40N2O. The van der Waals surface area contributed by atoms with Gasteiger partial charge in [0.15, 0.2) is 0 Å². The largest absolute Gasteiger partial charge is 0.317 e. The van der Waals surface area contributed by atoms with E-state index in [-0.39, 0.29) is 0 Å². The topological polar surface area (TPSA) is 41.1 Å². The van der Waals surface area contributed by atoms with Gasteiger partial charge in [-0.3, -0.25) is 0 Å². The molecule has 0 amide bonds. The van der Waals surface area contributed by atoms with Crippen LogP contribution in [0.15, 0.2) is 0 Å². The maximum absolute atomic E-state index is 10.7. The predicted octanol–water partition coefficient (Wildman–Crippen LogP) is 4.31. The number of hydrogen-bond donors (Lipinski definition) is 2. The second kappa shape index (κ2) is 12.5. The zero-order valence-electron chi connectivity index (χ0n) is 16.6. The summed E-state index contributed by atoms with van der Waals surface area (Å²) in [6.07, 6.45) is 24.0. The fourth-order valence-electron chi connectivity index (χ4n) is 4.62. The number of nitrogens with one attached hydrogen (secondary N) is 2. The molecule has 0 bridgehead atoms. The highest BCUT2D eigenvalue weighted by atomic mass is 16.1. The summed E-state index contributed by atoms with van der Waals surface area (Å²) >= 11 is 0. The van der Waals surface area contributed by atoms with Crippen LogP contribution in [0, 0.1) is 24.2 Å². The van der Waals surface area contributed by atoms with E-state index in [9.17, 15) is 4.79 Å². The van der Waals surface area contributed by atoms with Gasteiger partial charge in [0, 0.05) is 19.0 Å². The predicted molar refractivity (Wildman–Crippen MR) is 108 cm³/mol. The van der Waals surface area contributed by atoms with Crippen LogP contribution in [-0.2, 0) is 4.79 Å². The molecule has 3 fully saturated rings. The molecule has 1 spiro atoms. The highest BCUT2D eigenvalue weighted by Gasteiger charge is 2.36. The Morgan fingerprint density at radius 2 is 1.72 bits per heavy atom. The molecule has 0 aromatic heterocycles. The lowest BCUT2D eigenvalue weighted by atomic mass is 9.72. The van der Waals surface area contributed by atoms with E-state index in [1.54, 1.807) is 6.92 Å². The number of carbonyl (C=O) groups is 1. The Morgan fingerprint density at radius 1 is 1.08 bits per heavy atom. The van der Waals surface area contributed by atoms with Crippen molar-refractivity contribution in [1.82, 2.24) is 10.6 Å². The lowest BCUT2D eigenvalue weighted by molar-refractivity contribution is -0.117. The summed E-state index contributed by atoms with van der Waals surface area (Å²) in [7, 11) is 2.09. The smallest absolute Gasteiger partial charge is 0.129 e. The zero-order chi connectivity index (χ0) is 18.5. The van der Waals surface area contributed by atoms with E-state index >= 15 is 0 Å². The molecule has 0 radical (unpaired) electrons. The highest BCUT2D eigenvalue weighted by molar-refractivity contribution is 5.75. The molecule has 2 aliphatic carbocycles. The van der Waals surface area contributed by atoms with E-state index in [0.717, 1.165) is 24.8 Å². The maximum atomic E-state index is 10.7. The molecule has 25 heavy (non-hydrogen) atoms. The third kappa shape index (κ3) is 8.38. The van der Waals surface area contributed by atoms with Crippen LogP contribution in [-0.4, -0.2) is 32.0 Å². The average Bonchev–Trinajstić information content (AvgIpc) is 3.12. The first-order valence-electron chi connectivity index (χ1n) is 10.3. The lowest BCUT2D eigenvalue weighted by Gasteiger charge is -2.36. The first kappa shape index (κ1) is 22.2. The van der Waals surface area contributed by atoms with E-state index < -0.39 is 0 Å². The van der Waals surface area contributed by atoms with Gasteiger partial charge in [-0.1, -0.05) is 32.1 Å². The Morgan fingerprint density at radius 3 is 2.20 bits per heavy atom. The summed E-state index contributed by atoms with van der Waals surface area (Å²) in [6.45, 7) is 4.23.